The van der Waals surface area contributed by atoms with Crippen molar-refractivity contribution in [3.05, 3.63) is 77.4 Å². The van der Waals surface area contributed by atoms with E-state index in [0.717, 1.165) is 5.19 Å². The van der Waals surface area contributed by atoms with E-state index in [-0.39, 0.29) is 37.0 Å². The minimum atomic E-state index is -2.85. The molecular weight excluding hydrogens is 685 g/mol. The van der Waals surface area contributed by atoms with Gasteiger partial charge in [-0.05, 0) is 55.4 Å². The molecule has 1 aliphatic heterocycles. The minimum Gasteiger partial charge on any atom is -0.455 e. The average molecular weight is 735 g/mol. The smallest absolute Gasteiger partial charge is 0.338 e. The summed E-state index contributed by atoms with van der Waals surface area (Å²) in [5.74, 6) is -3.95. The number of Topliss-reactive ketones (excluding diaryl/α,β-unsaturated/α-hetero) is 1. The number of esters is 3. The topological polar surface area (TPSA) is 155 Å². The van der Waals surface area contributed by atoms with Crippen molar-refractivity contribution in [1.29, 1.82) is 0 Å². The van der Waals surface area contributed by atoms with Gasteiger partial charge in [-0.15, -0.1) is 0 Å². The third-order valence-corrected chi connectivity index (χ3v) is 14.9. The molecule has 6 rings (SSSR count). The first-order valence-corrected chi connectivity index (χ1v) is 20.9. The molecule has 11 nitrogen and oxygen atoms in total. The van der Waals surface area contributed by atoms with Gasteiger partial charge in [0.25, 0.3) is 0 Å². The number of aliphatic hydroxyl groups is 2. The lowest BCUT2D eigenvalue weighted by Gasteiger charge is -2.68. The largest absolute Gasteiger partial charge is 0.455 e. The quantitative estimate of drug-likeness (QED) is 0.174. The van der Waals surface area contributed by atoms with E-state index in [1.807, 2.05) is 43.4 Å². The molecule has 2 N–H and O–H groups in total. The second kappa shape index (κ2) is 13.3. The zero-order valence-electron chi connectivity index (χ0n) is 31.1. The molecule has 4 aliphatic rings. The summed E-state index contributed by atoms with van der Waals surface area (Å²) in [6.07, 6.45) is -6.39. The van der Waals surface area contributed by atoms with Crippen LogP contribution in [0.2, 0.25) is 13.1 Å². The fourth-order valence-corrected chi connectivity index (χ4v) is 11.6. The molecule has 1 heterocycles. The highest BCUT2D eigenvalue weighted by Crippen LogP contribution is 2.65. The van der Waals surface area contributed by atoms with Crippen LogP contribution in [0, 0.1) is 16.7 Å². The Labute approximate surface area is 305 Å². The van der Waals surface area contributed by atoms with E-state index in [4.69, 9.17) is 23.4 Å². The summed E-state index contributed by atoms with van der Waals surface area (Å²) in [6.45, 7) is 13.5. The Hall–Kier alpha value is -3.68. The zero-order valence-corrected chi connectivity index (χ0v) is 32.1. The van der Waals surface area contributed by atoms with Gasteiger partial charge in [0, 0.05) is 31.6 Å². The molecule has 2 bridgehead atoms. The molecule has 1 saturated heterocycles. The Bertz CT molecular complexity index is 1770. The van der Waals surface area contributed by atoms with Gasteiger partial charge < -0.3 is 33.6 Å². The molecule has 2 unspecified atom stereocenters. The Morgan fingerprint density at radius 1 is 0.981 bits per heavy atom. The first-order valence-electron chi connectivity index (χ1n) is 18.0. The van der Waals surface area contributed by atoms with E-state index in [2.05, 4.69) is 0 Å². The van der Waals surface area contributed by atoms with Gasteiger partial charge in [0.2, 0.25) is 8.32 Å². The lowest BCUT2D eigenvalue weighted by atomic mass is 9.44. The number of ether oxygens (including phenoxy) is 4. The van der Waals surface area contributed by atoms with Gasteiger partial charge in [0.15, 0.2) is 17.5 Å². The molecule has 2 aromatic rings. The number of hydrogen-bond acceptors (Lipinski definition) is 11. The van der Waals surface area contributed by atoms with E-state index in [1.165, 1.54) is 6.92 Å². The van der Waals surface area contributed by atoms with Crippen molar-refractivity contribution in [3.63, 3.8) is 0 Å². The van der Waals surface area contributed by atoms with Crippen LogP contribution in [0.1, 0.15) is 71.2 Å². The molecule has 2 aromatic carbocycles. The zero-order chi connectivity index (χ0) is 38.0. The highest BCUT2D eigenvalue weighted by Gasteiger charge is 2.78. The van der Waals surface area contributed by atoms with Crippen LogP contribution in [0.25, 0.3) is 0 Å². The normalized spacial score (nSPS) is 35.2. The van der Waals surface area contributed by atoms with Crippen molar-refractivity contribution in [3.8, 4) is 0 Å². The molecular formula is C40H50O11Si. The van der Waals surface area contributed by atoms with Crippen LogP contribution in [0.3, 0.4) is 0 Å². The summed E-state index contributed by atoms with van der Waals surface area (Å²) < 4.78 is 32.1. The lowest BCUT2D eigenvalue weighted by Crippen LogP contribution is -2.82. The highest BCUT2D eigenvalue weighted by molar-refractivity contribution is 6.84. The van der Waals surface area contributed by atoms with Crippen molar-refractivity contribution < 1.29 is 52.8 Å². The summed E-state index contributed by atoms with van der Waals surface area (Å²) in [5.41, 5.74) is -6.03. The summed E-state index contributed by atoms with van der Waals surface area (Å²) in [6, 6.07) is 17.9. The summed E-state index contributed by atoms with van der Waals surface area (Å²) in [4.78, 5) is 56.3. The Kier molecular flexibility index (Phi) is 9.74. The fraction of sp³-hybridized carbons (Fsp3) is 0.550. The lowest BCUT2D eigenvalue weighted by molar-refractivity contribution is -0.344. The van der Waals surface area contributed by atoms with E-state index >= 15 is 4.79 Å². The van der Waals surface area contributed by atoms with Crippen LogP contribution in [0.4, 0.5) is 0 Å². The van der Waals surface area contributed by atoms with E-state index in [9.17, 15) is 24.6 Å². The number of hydrogen-bond donors (Lipinski definition) is 2. The van der Waals surface area contributed by atoms with Crippen molar-refractivity contribution in [2.24, 2.45) is 16.7 Å². The molecule has 0 aromatic heterocycles. The molecule has 3 fully saturated rings. The maximum Gasteiger partial charge on any atom is 0.338 e. The Balaban J connectivity index is 1.67. The number of aliphatic hydroxyl groups excluding tert-OH is 1. The predicted molar refractivity (Wildman–Crippen MR) is 192 cm³/mol. The second-order valence-electron chi connectivity index (χ2n) is 16.0. The molecule has 2 saturated carbocycles. The number of carbonyl (C=O) groups excluding carboxylic acids is 4. The number of fused-ring (bicyclic) bond motifs is 5. The Morgan fingerprint density at radius 3 is 2.15 bits per heavy atom. The molecule has 9 atom stereocenters. The van der Waals surface area contributed by atoms with Crippen LogP contribution in [-0.2, 0) is 37.8 Å². The van der Waals surface area contributed by atoms with Gasteiger partial charge in [-0.25, -0.2) is 4.79 Å². The van der Waals surface area contributed by atoms with Gasteiger partial charge in [0.1, 0.15) is 17.8 Å². The van der Waals surface area contributed by atoms with Gasteiger partial charge >= 0.3 is 17.9 Å². The van der Waals surface area contributed by atoms with Crippen molar-refractivity contribution >= 4 is 37.2 Å². The summed E-state index contributed by atoms with van der Waals surface area (Å²) >= 11 is 0. The van der Waals surface area contributed by atoms with Crippen molar-refractivity contribution in [2.45, 2.75) is 116 Å². The third-order valence-electron chi connectivity index (χ3n) is 12.3. The maximum absolute atomic E-state index is 15.8. The van der Waals surface area contributed by atoms with Gasteiger partial charge in [-0.1, -0.05) is 69.3 Å². The summed E-state index contributed by atoms with van der Waals surface area (Å²) in [5, 5.41) is 26.0. The van der Waals surface area contributed by atoms with Crippen molar-refractivity contribution in [2.75, 3.05) is 6.61 Å². The van der Waals surface area contributed by atoms with E-state index in [0.29, 0.717) is 5.57 Å². The fourth-order valence-electron chi connectivity index (χ4n) is 9.37. The van der Waals surface area contributed by atoms with Crippen LogP contribution in [0.5, 0.6) is 0 Å². The molecule has 52 heavy (non-hydrogen) atoms. The number of benzene rings is 2. The number of carbonyl (C=O) groups is 4. The highest BCUT2D eigenvalue weighted by atomic mass is 28.4. The number of rotatable bonds is 8. The molecule has 3 aliphatic carbocycles. The first kappa shape index (κ1) is 38.1. The standard InChI is InChI=1S/C40H50O11Si/c1-9-30(43)48-32-31-23(2)27(42)21-40(46,37(31,4)5)35(49-36(45)25-16-12-10-13-17-25)33-38(6,34(32)44)28(20-29-39(33,22-47-29)50-24(3)41)51-52(7,8)26-18-14-11-15-19-26/h10-19,27-29,32-33,35,42,46H,9,20-22H2,1-8H3/t27-,28-,29+,32+,33?,35?,38+,39-,40+/m0/s1. The monoisotopic (exact) mass is 734 g/mol. The molecule has 0 amide bonds. The first-order chi connectivity index (χ1) is 24.3. The maximum atomic E-state index is 15.8. The van der Waals surface area contributed by atoms with E-state index < -0.39 is 90.5 Å². The van der Waals surface area contributed by atoms with Crippen LogP contribution in [-0.4, -0.2) is 90.6 Å². The second-order valence-corrected chi connectivity index (χ2v) is 19.8. The minimum absolute atomic E-state index is 0.0397. The van der Waals surface area contributed by atoms with Crippen molar-refractivity contribution in [1.82, 2.24) is 0 Å². The third kappa shape index (κ3) is 5.78. The van der Waals surface area contributed by atoms with Crippen LogP contribution in [0.15, 0.2) is 71.8 Å². The predicted octanol–water partition coefficient (Wildman–Crippen LogP) is 4.18. The SMILES string of the molecule is CCC(=O)O[C@H]1C(=O)[C@@]2(C)C(C(OC(=O)c3ccccc3)[C@]3(O)C[C@H](O)C(C)=C1C3(C)C)[C@]1(OC(C)=O)CO[C@@H]1C[C@@H]2O[Si](C)(C)c1ccccc1. The molecule has 0 radical (unpaired) electrons. The van der Waals surface area contributed by atoms with Crippen LogP contribution >= 0.6 is 0 Å². The van der Waals surface area contributed by atoms with Gasteiger partial charge in [-0.2, -0.15) is 0 Å². The Morgan fingerprint density at radius 2 is 1.60 bits per heavy atom. The molecule has 0 spiro atoms. The van der Waals surface area contributed by atoms with Crippen LogP contribution < -0.4 is 5.19 Å². The van der Waals surface area contributed by atoms with E-state index in [1.54, 1.807) is 65.0 Å². The van der Waals surface area contributed by atoms with Gasteiger partial charge in [0.05, 0.1) is 35.7 Å². The summed E-state index contributed by atoms with van der Waals surface area (Å²) in [7, 11) is -2.85. The molecule has 280 valence electrons. The average Bonchev–Trinajstić information content (AvgIpc) is 3.09. The molecule has 12 heteroatoms. The van der Waals surface area contributed by atoms with Gasteiger partial charge in [-0.3, -0.25) is 14.4 Å². The number of ketones is 1.